The van der Waals surface area contributed by atoms with Crippen molar-refractivity contribution in [2.24, 2.45) is 0 Å². The Morgan fingerprint density at radius 1 is 1.24 bits per heavy atom. The lowest BCUT2D eigenvalue weighted by Crippen LogP contribution is -2.17. The Labute approximate surface area is 144 Å². The van der Waals surface area contributed by atoms with Crippen LogP contribution in [0.15, 0.2) is 24.3 Å². The van der Waals surface area contributed by atoms with Crippen LogP contribution >= 0.6 is 11.3 Å². The SMILES string of the molecule is CCOC(=O)c1sc(NC(=O)c2ccc(OC(F)(F)F)cc2)nc1C. The summed E-state index contributed by atoms with van der Waals surface area (Å²) < 4.78 is 44.9. The van der Waals surface area contributed by atoms with Crippen LogP contribution in [0.5, 0.6) is 5.75 Å². The number of aromatic nitrogens is 1. The number of thiazole rings is 1. The second-order valence-electron chi connectivity index (χ2n) is 4.68. The highest BCUT2D eigenvalue weighted by Crippen LogP contribution is 2.25. The van der Waals surface area contributed by atoms with Gasteiger partial charge in [0.1, 0.15) is 10.6 Å². The van der Waals surface area contributed by atoms with E-state index in [0.717, 1.165) is 23.5 Å². The van der Waals surface area contributed by atoms with Gasteiger partial charge in [0, 0.05) is 5.56 Å². The summed E-state index contributed by atoms with van der Waals surface area (Å²) in [4.78, 5) is 28.1. The molecule has 0 saturated heterocycles. The first kappa shape index (κ1) is 18.7. The van der Waals surface area contributed by atoms with Gasteiger partial charge in [-0.15, -0.1) is 13.2 Å². The average molecular weight is 374 g/mol. The van der Waals surface area contributed by atoms with Crippen molar-refractivity contribution < 1.29 is 32.2 Å². The number of nitrogens with one attached hydrogen (secondary N) is 1. The van der Waals surface area contributed by atoms with E-state index < -0.39 is 24.0 Å². The third-order valence-electron chi connectivity index (χ3n) is 2.83. The molecule has 0 aliphatic heterocycles. The molecule has 134 valence electrons. The minimum absolute atomic E-state index is 0.111. The van der Waals surface area contributed by atoms with Crippen molar-refractivity contribution in [1.29, 1.82) is 0 Å². The number of ether oxygens (including phenoxy) is 2. The molecule has 25 heavy (non-hydrogen) atoms. The lowest BCUT2D eigenvalue weighted by Gasteiger charge is -2.09. The standard InChI is InChI=1S/C15H13F3N2O4S/c1-3-23-13(22)11-8(2)19-14(25-11)20-12(21)9-4-6-10(7-5-9)24-15(16,17)18/h4-7H,3H2,1-2H3,(H,19,20,21). The van der Waals surface area contributed by atoms with Crippen LogP contribution < -0.4 is 10.1 Å². The number of carbonyl (C=O) groups excluding carboxylic acids is 2. The number of amides is 1. The van der Waals surface area contributed by atoms with E-state index in [-0.39, 0.29) is 22.2 Å². The normalized spacial score (nSPS) is 11.1. The molecule has 1 aromatic heterocycles. The Morgan fingerprint density at radius 2 is 1.88 bits per heavy atom. The van der Waals surface area contributed by atoms with Crippen molar-refractivity contribution in [3.05, 3.63) is 40.4 Å². The molecular formula is C15H13F3N2O4S. The first-order chi connectivity index (χ1) is 11.7. The number of alkyl halides is 3. The summed E-state index contributed by atoms with van der Waals surface area (Å²) in [5.74, 6) is -1.55. The fourth-order valence-electron chi connectivity index (χ4n) is 1.81. The van der Waals surface area contributed by atoms with Crippen molar-refractivity contribution in [2.45, 2.75) is 20.2 Å². The van der Waals surface area contributed by atoms with Gasteiger partial charge in [-0.2, -0.15) is 0 Å². The van der Waals surface area contributed by atoms with Crippen LogP contribution in [0.3, 0.4) is 0 Å². The lowest BCUT2D eigenvalue weighted by molar-refractivity contribution is -0.274. The summed E-state index contributed by atoms with van der Waals surface area (Å²) in [6.07, 6.45) is -4.80. The molecule has 2 aromatic rings. The number of benzene rings is 1. The Bertz CT molecular complexity index is 772. The molecule has 1 heterocycles. The van der Waals surface area contributed by atoms with Crippen molar-refractivity contribution in [3.63, 3.8) is 0 Å². The molecule has 0 fully saturated rings. The van der Waals surface area contributed by atoms with Gasteiger partial charge < -0.3 is 9.47 Å². The number of halogens is 3. The molecule has 1 aromatic carbocycles. The number of nitrogens with zero attached hydrogens (tertiary/aromatic N) is 1. The molecule has 0 radical (unpaired) electrons. The number of aryl methyl sites for hydroxylation is 1. The van der Waals surface area contributed by atoms with Crippen LogP contribution in [-0.2, 0) is 4.74 Å². The third kappa shape index (κ3) is 5.18. The number of rotatable bonds is 5. The number of esters is 1. The zero-order chi connectivity index (χ0) is 18.6. The third-order valence-corrected chi connectivity index (χ3v) is 3.88. The van der Waals surface area contributed by atoms with Crippen LogP contribution in [0.2, 0.25) is 0 Å². The maximum atomic E-state index is 12.1. The number of hydrogen-bond acceptors (Lipinski definition) is 6. The van der Waals surface area contributed by atoms with Crippen LogP contribution in [0.4, 0.5) is 18.3 Å². The number of hydrogen-bond donors (Lipinski definition) is 1. The van der Waals surface area contributed by atoms with E-state index in [0.29, 0.717) is 5.69 Å². The second kappa shape index (κ2) is 7.51. The van der Waals surface area contributed by atoms with Gasteiger partial charge >= 0.3 is 12.3 Å². The van der Waals surface area contributed by atoms with E-state index in [1.807, 2.05) is 0 Å². The molecule has 0 spiro atoms. The van der Waals surface area contributed by atoms with Gasteiger partial charge in [0.15, 0.2) is 5.13 Å². The summed E-state index contributed by atoms with van der Waals surface area (Å²) >= 11 is 0.951. The average Bonchev–Trinajstić information content (AvgIpc) is 2.87. The van der Waals surface area contributed by atoms with Crippen LogP contribution in [0.25, 0.3) is 0 Å². The molecule has 0 bridgehead atoms. The van der Waals surface area contributed by atoms with E-state index in [2.05, 4.69) is 15.0 Å². The largest absolute Gasteiger partial charge is 0.573 e. The molecule has 0 atom stereocenters. The molecule has 1 N–H and O–H groups in total. The Morgan fingerprint density at radius 3 is 2.44 bits per heavy atom. The van der Waals surface area contributed by atoms with E-state index in [9.17, 15) is 22.8 Å². The van der Waals surface area contributed by atoms with Gasteiger partial charge in [-0.05, 0) is 38.1 Å². The number of carbonyl (C=O) groups is 2. The second-order valence-corrected chi connectivity index (χ2v) is 5.68. The molecule has 2 rings (SSSR count). The van der Waals surface area contributed by atoms with Crippen molar-refractivity contribution >= 4 is 28.3 Å². The molecule has 0 saturated carbocycles. The topological polar surface area (TPSA) is 77.5 Å². The Kier molecular flexibility index (Phi) is 5.62. The first-order valence-corrected chi connectivity index (χ1v) is 7.83. The molecule has 0 aliphatic rings. The maximum Gasteiger partial charge on any atom is 0.573 e. The van der Waals surface area contributed by atoms with Crippen LogP contribution in [0, 0.1) is 6.92 Å². The van der Waals surface area contributed by atoms with E-state index >= 15 is 0 Å². The van der Waals surface area contributed by atoms with Crippen molar-refractivity contribution in [1.82, 2.24) is 4.98 Å². The van der Waals surface area contributed by atoms with Gasteiger partial charge in [0.25, 0.3) is 5.91 Å². The summed E-state index contributed by atoms with van der Waals surface area (Å²) in [7, 11) is 0. The van der Waals surface area contributed by atoms with Crippen molar-refractivity contribution in [2.75, 3.05) is 11.9 Å². The smallest absolute Gasteiger partial charge is 0.462 e. The lowest BCUT2D eigenvalue weighted by atomic mass is 10.2. The maximum absolute atomic E-state index is 12.1. The summed E-state index contributed by atoms with van der Waals surface area (Å²) in [5, 5.41) is 2.66. The highest BCUT2D eigenvalue weighted by molar-refractivity contribution is 7.17. The Balaban J connectivity index is 2.07. The highest BCUT2D eigenvalue weighted by Gasteiger charge is 2.31. The Hall–Kier alpha value is -2.62. The van der Waals surface area contributed by atoms with E-state index in [1.54, 1.807) is 13.8 Å². The first-order valence-electron chi connectivity index (χ1n) is 7.01. The van der Waals surface area contributed by atoms with E-state index in [1.165, 1.54) is 12.1 Å². The van der Waals surface area contributed by atoms with Crippen LogP contribution in [-0.4, -0.2) is 29.8 Å². The molecule has 0 unspecified atom stereocenters. The minimum atomic E-state index is -4.80. The van der Waals surface area contributed by atoms with Gasteiger partial charge in [-0.25, -0.2) is 9.78 Å². The molecule has 10 heteroatoms. The van der Waals surface area contributed by atoms with Gasteiger partial charge in [0.05, 0.1) is 12.3 Å². The fraction of sp³-hybridized carbons (Fsp3) is 0.267. The van der Waals surface area contributed by atoms with Crippen LogP contribution in [0.1, 0.15) is 32.6 Å². The predicted octanol–water partition coefficient (Wildman–Crippen LogP) is 3.78. The van der Waals surface area contributed by atoms with Crippen molar-refractivity contribution in [3.8, 4) is 5.75 Å². The quantitative estimate of drug-likeness (QED) is 0.806. The predicted molar refractivity (Wildman–Crippen MR) is 83.9 cm³/mol. The van der Waals surface area contributed by atoms with Gasteiger partial charge in [-0.3, -0.25) is 10.1 Å². The number of anilines is 1. The molecular weight excluding hydrogens is 361 g/mol. The molecule has 0 aliphatic carbocycles. The monoisotopic (exact) mass is 374 g/mol. The van der Waals surface area contributed by atoms with Gasteiger partial charge in [-0.1, -0.05) is 11.3 Å². The minimum Gasteiger partial charge on any atom is -0.462 e. The zero-order valence-electron chi connectivity index (χ0n) is 13.1. The molecule has 1 amide bonds. The van der Waals surface area contributed by atoms with E-state index in [4.69, 9.17) is 4.74 Å². The summed E-state index contributed by atoms with van der Waals surface area (Å²) in [6, 6.07) is 4.42. The summed E-state index contributed by atoms with van der Waals surface area (Å²) in [6.45, 7) is 3.48. The highest BCUT2D eigenvalue weighted by atomic mass is 32.1. The fourth-order valence-corrected chi connectivity index (χ4v) is 2.67. The van der Waals surface area contributed by atoms with Gasteiger partial charge in [0.2, 0.25) is 0 Å². The molecule has 6 nitrogen and oxygen atoms in total. The zero-order valence-corrected chi connectivity index (χ0v) is 14.0. The summed E-state index contributed by atoms with van der Waals surface area (Å²) in [5.41, 5.74) is 0.521.